The highest BCUT2D eigenvalue weighted by Crippen LogP contribution is 2.37. The minimum atomic E-state index is 0.434. The molecule has 0 heterocycles. The Morgan fingerprint density at radius 3 is 2.25 bits per heavy atom. The summed E-state index contributed by atoms with van der Waals surface area (Å²) >= 11 is 6.55. The first-order valence-corrected chi connectivity index (χ1v) is 11.1. The number of benzene rings is 3. The van der Waals surface area contributed by atoms with E-state index >= 15 is 0 Å². The van der Waals surface area contributed by atoms with Gasteiger partial charge in [-0.05, 0) is 60.8 Å². The summed E-state index contributed by atoms with van der Waals surface area (Å²) in [4.78, 5) is 0. The number of nitrogens with one attached hydrogen (secondary N) is 1. The fraction of sp³-hybridized carbons (Fsp3) is 0.308. The molecule has 0 saturated carbocycles. The van der Waals surface area contributed by atoms with Gasteiger partial charge in [0.25, 0.3) is 0 Å². The van der Waals surface area contributed by atoms with E-state index in [4.69, 9.17) is 30.5 Å². The Balaban J connectivity index is 1.59. The normalized spacial score (nSPS) is 10.6. The molecule has 5 nitrogen and oxygen atoms in total. The third kappa shape index (κ3) is 6.55. The van der Waals surface area contributed by atoms with Gasteiger partial charge in [0, 0.05) is 6.54 Å². The Labute approximate surface area is 195 Å². The summed E-state index contributed by atoms with van der Waals surface area (Å²) in [6.07, 6.45) is 0.866. The van der Waals surface area contributed by atoms with Crippen molar-refractivity contribution in [3.63, 3.8) is 0 Å². The Kier molecular flexibility index (Phi) is 9.08. The predicted octanol–water partition coefficient (Wildman–Crippen LogP) is 5.67. The average Bonchev–Trinajstić information content (AvgIpc) is 2.82. The van der Waals surface area contributed by atoms with Gasteiger partial charge in [-0.2, -0.15) is 0 Å². The van der Waals surface area contributed by atoms with Crippen molar-refractivity contribution >= 4 is 11.6 Å². The quantitative estimate of drug-likeness (QED) is 0.357. The molecule has 0 bridgehead atoms. The SMILES string of the molecule is CCOc1cc(CNCCc2ccc(OC)c(OC)c2)cc(Cl)c1OCc1ccccc1. The topological polar surface area (TPSA) is 49.0 Å². The number of hydrogen-bond acceptors (Lipinski definition) is 5. The van der Waals surface area contributed by atoms with E-state index in [-0.39, 0.29) is 0 Å². The van der Waals surface area contributed by atoms with Crippen molar-refractivity contribution in [1.29, 1.82) is 0 Å². The third-order valence-electron chi connectivity index (χ3n) is 4.96. The van der Waals surface area contributed by atoms with Gasteiger partial charge in [-0.15, -0.1) is 0 Å². The van der Waals surface area contributed by atoms with Crippen LogP contribution in [0.15, 0.2) is 60.7 Å². The van der Waals surface area contributed by atoms with E-state index in [9.17, 15) is 0 Å². The molecule has 3 rings (SSSR count). The second-order valence-corrected chi connectivity index (χ2v) is 7.64. The summed E-state index contributed by atoms with van der Waals surface area (Å²) in [5, 5.41) is 4.01. The summed E-state index contributed by atoms with van der Waals surface area (Å²) in [5.74, 6) is 2.71. The smallest absolute Gasteiger partial charge is 0.180 e. The number of ether oxygens (including phenoxy) is 4. The molecule has 1 N–H and O–H groups in total. The van der Waals surface area contributed by atoms with Crippen molar-refractivity contribution < 1.29 is 18.9 Å². The zero-order chi connectivity index (χ0) is 22.8. The lowest BCUT2D eigenvalue weighted by Gasteiger charge is -2.16. The van der Waals surface area contributed by atoms with E-state index in [0.29, 0.717) is 36.3 Å². The molecule has 0 aliphatic carbocycles. The molecule has 0 atom stereocenters. The van der Waals surface area contributed by atoms with Crippen LogP contribution in [-0.4, -0.2) is 27.4 Å². The van der Waals surface area contributed by atoms with E-state index in [0.717, 1.165) is 35.6 Å². The maximum Gasteiger partial charge on any atom is 0.180 e. The van der Waals surface area contributed by atoms with Crippen LogP contribution in [0.2, 0.25) is 5.02 Å². The summed E-state index contributed by atoms with van der Waals surface area (Å²) in [7, 11) is 3.28. The van der Waals surface area contributed by atoms with Gasteiger partial charge in [0.1, 0.15) is 6.61 Å². The first-order chi connectivity index (χ1) is 15.6. The molecule has 3 aromatic rings. The summed E-state index contributed by atoms with van der Waals surface area (Å²) in [6, 6.07) is 19.9. The van der Waals surface area contributed by atoms with Gasteiger partial charge in [0.2, 0.25) is 0 Å². The van der Waals surface area contributed by atoms with Crippen LogP contribution < -0.4 is 24.3 Å². The van der Waals surface area contributed by atoms with Crippen LogP contribution in [-0.2, 0) is 19.6 Å². The first-order valence-electron chi connectivity index (χ1n) is 10.7. The second-order valence-electron chi connectivity index (χ2n) is 7.23. The molecule has 3 aromatic carbocycles. The van der Waals surface area contributed by atoms with E-state index in [2.05, 4.69) is 5.32 Å². The van der Waals surface area contributed by atoms with E-state index in [1.165, 1.54) is 5.56 Å². The Morgan fingerprint density at radius 2 is 1.53 bits per heavy atom. The zero-order valence-corrected chi connectivity index (χ0v) is 19.6. The van der Waals surface area contributed by atoms with E-state index < -0.39 is 0 Å². The molecule has 0 unspecified atom stereocenters. The highest BCUT2D eigenvalue weighted by atomic mass is 35.5. The van der Waals surface area contributed by atoms with Gasteiger partial charge in [-0.25, -0.2) is 0 Å². The van der Waals surface area contributed by atoms with Gasteiger partial charge in [-0.3, -0.25) is 0 Å². The maximum atomic E-state index is 6.55. The molecule has 0 aliphatic rings. The van der Waals surface area contributed by atoms with Crippen molar-refractivity contribution in [1.82, 2.24) is 5.32 Å². The third-order valence-corrected chi connectivity index (χ3v) is 5.24. The molecule has 32 heavy (non-hydrogen) atoms. The van der Waals surface area contributed by atoms with Crippen molar-refractivity contribution in [2.45, 2.75) is 26.5 Å². The molecule has 0 aromatic heterocycles. The summed E-state index contributed by atoms with van der Waals surface area (Å²) in [6.45, 7) is 4.40. The monoisotopic (exact) mass is 455 g/mol. The van der Waals surface area contributed by atoms with Crippen molar-refractivity contribution in [2.24, 2.45) is 0 Å². The summed E-state index contributed by atoms with van der Waals surface area (Å²) in [5.41, 5.74) is 3.29. The van der Waals surface area contributed by atoms with Crippen LogP contribution in [0.25, 0.3) is 0 Å². The fourth-order valence-corrected chi connectivity index (χ4v) is 3.65. The van der Waals surface area contributed by atoms with Gasteiger partial charge in [0.05, 0.1) is 25.8 Å². The molecule has 0 radical (unpaired) electrons. The Morgan fingerprint density at radius 1 is 0.781 bits per heavy atom. The molecule has 170 valence electrons. The van der Waals surface area contributed by atoms with Gasteiger partial charge < -0.3 is 24.3 Å². The maximum absolute atomic E-state index is 6.55. The van der Waals surface area contributed by atoms with Crippen LogP contribution in [0.3, 0.4) is 0 Å². The van der Waals surface area contributed by atoms with Crippen LogP contribution in [0.5, 0.6) is 23.0 Å². The molecule has 0 amide bonds. The van der Waals surface area contributed by atoms with Crippen LogP contribution >= 0.6 is 11.6 Å². The summed E-state index contributed by atoms with van der Waals surface area (Å²) < 4.78 is 22.5. The minimum absolute atomic E-state index is 0.434. The lowest BCUT2D eigenvalue weighted by Crippen LogP contribution is -2.17. The molecule has 6 heteroatoms. The molecular weight excluding hydrogens is 426 g/mol. The Bertz CT molecular complexity index is 995. The molecular formula is C26H30ClNO4. The fourth-order valence-electron chi connectivity index (χ4n) is 3.36. The van der Waals surface area contributed by atoms with Crippen LogP contribution in [0, 0.1) is 0 Å². The highest BCUT2D eigenvalue weighted by Gasteiger charge is 2.13. The number of halogens is 1. The second kappa shape index (κ2) is 12.2. The van der Waals surface area contributed by atoms with Crippen LogP contribution in [0.4, 0.5) is 0 Å². The molecule has 0 fully saturated rings. The van der Waals surface area contributed by atoms with E-state index in [1.54, 1.807) is 14.2 Å². The predicted molar refractivity (Wildman–Crippen MR) is 128 cm³/mol. The zero-order valence-electron chi connectivity index (χ0n) is 18.8. The van der Waals surface area contributed by atoms with Gasteiger partial charge in [0.15, 0.2) is 23.0 Å². The van der Waals surface area contributed by atoms with Gasteiger partial charge >= 0.3 is 0 Å². The number of methoxy groups -OCH3 is 2. The molecule has 0 aliphatic heterocycles. The van der Waals surface area contributed by atoms with Gasteiger partial charge in [-0.1, -0.05) is 48.0 Å². The minimum Gasteiger partial charge on any atom is -0.493 e. The van der Waals surface area contributed by atoms with Crippen molar-refractivity contribution in [3.05, 3.63) is 82.4 Å². The van der Waals surface area contributed by atoms with Crippen molar-refractivity contribution in [3.8, 4) is 23.0 Å². The van der Waals surface area contributed by atoms with Crippen LogP contribution in [0.1, 0.15) is 23.6 Å². The number of hydrogen-bond donors (Lipinski definition) is 1. The highest BCUT2D eigenvalue weighted by molar-refractivity contribution is 6.32. The van der Waals surface area contributed by atoms with Crippen molar-refractivity contribution in [2.75, 3.05) is 27.4 Å². The lowest BCUT2D eigenvalue weighted by atomic mass is 10.1. The van der Waals surface area contributed by atoms with E-state index in [1.807, 2.05) is 67.6 Å². The lowest BCUT2D eigenvalue weighted by molar-refractivity contribution is 0.269. The first kappa shape index (κ1) is 23.8. The largest absolute Gasteiger partial charge is 0.493 e. The standard InChI is InChI=1S/C26H30ClNO4/c1-4-31-25-16-21(14-22(27)26(25)32-18-20-8-6-5-7-9-20)17-28-13-12-19-10-11-23(29-2)24(15-19)30-3/h5-11,14-16,28H,4,12-13,17-18H2,1-3H3. The number of rotatable bonds is 12. The molecule has 0 saturated heterocycles. The Hall–Kier alpha value is -2.89. The molecule has 0 spiro atoms. The average molecular weight is 456 g/mol.